The first kappa shape index (κ1) is 17.3. The fourth-order valence-corrected chi connectivity index (χ4v) is 3.29. The van der Waals surface area contributed by atoms with E-state index >= 15 is 0 Å². The lowest BCUT2D eigenvalue weighted by atomic mass is 9.94. The molecule has 0 bridgehead atoms. The average Bonchev–Trinajstić information content (AvgIpc) is 2.60. The lowest BCUT2D eigenvalue weighted by Crippen LogP contribution is -2.46. The Labute approximate surface area is 145 Å². The number of benzene rings is 1. The van der Waals surface area contributed by atoms with Crippen molar-refractivity contribution in [2.45, 2.75) is 19.4 Å². The highest BCUT2D eigenvalue weighted by Gasteiger charge is 2.33. The van der Waals surface area contributed by atoms with Gasteiger partial charge in [-0.3, -0.25) is 4.79 Å². The van der Waals surface area contributed by atoms with Gasteiger partial charge in [-0.1, -0.05) is 0 Å². The lowest BCUT2D eigenvalue weighted by molar-refractivity contribution is -0.146. The number of aliphatic hydroxyl groups is 1. The van der Waals surface area contributed by atoms with Gasteiger partial charge in [0.25, 0.3) is 0 Å². The summed E-state index contributed by atoms with van der Waals surface area (Å²) in [5.74, 6) is 0.294. The number of aliphatic hydroxyl groups excluding tert-OH is 1. The molecule has 1 aliphatic heterocycles. The summed E-state index contributed by atoms with van der Waals surface area (Å²) in [6.07, 6.45) is -0.518. The second-order valence-corrected chi connectivity index (χ2v) is 6.27. The molecule has 7 heteroatoms. The molecular weight excluding hydrogens is 324 g/mol. The molecule has 7 nitrogen and oxygen atoms in total. The van der Waals surface area contributed by atoms with E-state index in [-0.39, 0.29) is 6.54 Å². The summed E-state index contributed by atoms with van der Waals surface area (Å²) < 4.78 is 10.7. The first-order chi connectivity index (χ1) is 11.9. The normalized spacial score (nSPS) is 20.6. The zero-order chi connectivity index (χ0) is 18.1. The number of fused-ring (bicyclic) bond motifs is 1. The number of hydrogen-bond acceptors (Lipinski definition) is 6. The molecule has 0 unspecified atom stereocenters. The molecule has 2 aromatic rings. The van der Waals surface area contributed by atoms with Crippen molar-refractivity contribution in [3.63, 3.8) is 0 Å². The Morgan fingerprint density at radius 2 is 1.92 bits per heavy atom. The molecule has 134 valence electrons. The molecule has 3 rings (SSSR count). The van der Waals surface area contributed by atoms with Crippen LogP contribution in [0.1, 0.15) is 12.0 Å². The number of rotatable bonds is 4. The van der Waals surface area contributed by atoms with Gasteiger partial charge in [0, 0.05) is 24.5 Å². The number of ether oxygens (including phenoxy) is 2. The average molecular weight is 346 g/mol. The first-order valence-electron chi connectivity index (χ1n) is 8.13. The number of nitrogens with zero attached hydrogens (tertiary/aromatic N) is 2. The van der Waals surface area contributed by atoms with Crippen LogP contribution < -0.4 is 14.4 Å². The van der Waals surface area contributed by atoms with Gasteiger partial charge in [-0.05, 0) is 31.0 Å². The topological polar surface area (TPSA) is 92.1 Å². The summed E-state index contributed by atoms with van der Waals surface area (Å²) in [5, 5.41) is 20.2. The van der Waals surface area contributed by atoms with E-state index in [2.05, 4.69) is 4.98 Å². The third kappa shape index (κ3) is 3.19. The molecule has 0 aliphatic carbocycles. The highest BCUT2D eigenvalue weighted by atomic mass is 16.5. The van der Waals surface area contributed by atoms with Crippen molar-refractivity contribution in [2.75, 3.05) is 32.2 Å². The van der Waals surface area contributed by atoms with Crippen molar-refractivity contribution in [1.82, 2.24) is 4.98 Å². The maximum atomic E-state index is 11.1. The summed E-state index contributed by atoms with van der Waals surface area (Å²) in [6, 6.07) is 5.67. The molecule has 0 radical (unpaired) electrons. The number of anilines is 1. The predicted molar refractivity (Wildman–Crippen MR) is 93.5 cm³/mol. The molecule has 0 amide bonds. The van der Waals surface area contributed by atoms with Gasteiger partial charge in [0.1, 0.15) is 5.82 Å². The van der Waals surface area contributed by atoms with Crippen molar-refractivity contribution >= 4 is 22.7 Å². The highest BCUT2D eigenvalue weighted by molar-refractivity contribution is 5.87. The summed E-state index contributed by atoms with van der Waals surface area (Å²) in [7, 11) is 3.17. The van der Waals surface area contributed by atoms with Crippen LogP contribution in [-0.4, -0.2) is 54.6 Å². The molecule has 1 aromatic carbocycles. The smallest absolute Gasteiger partial charge is 0.309 e. The molecule has 1 saturated heterocycles. The summed E-state index contributed by atoms with van der Waals surface area (Å²) in [4.78, 5) is 17.8. The summed E-state index contributed by atoms with van der Waals surface area (Å²) in [5.41, 5.74) is 1.79. The molecule has 1 aromatic heterocycles. The quantitative estimate of drug-likeness (QED) is 0.872. The fraction of sp³-hybridized carbons (Fsp3) is 0.444. The molecule has 2 heterocycles. The van der Waals surface area contributed by atoms with Crippen LogP contribution in [0, 0.1) is 12.8 Å². The Hall–Kier alpha value is -2.54. The number of methoxy groups -OCH3 is 2. The van der Waals surface area contributed by atoms with Crippen LogP contribution in [0.2, 0.25) is 0 Å². The number of hydrogen-bond donors (Lipinski definition) is 2. The van der Waals surface area contributed by atoms with Crippen LogP contribution in [0.3, 0.4) is 0 Å². The Morgan fingerprint density at radius 1 is 1.24 bits per heavy atom. The molecule has 1 fully saturated rings. The van der Waals surface area contributed by atoms with E-state index in [4.69, 9.17) is 14.6 Å². The van der Waals surface area contributed by atoms with Crippen molar-refractivity contribution in [2.24, 2.45) is 5.92 Å². The van der Waals surface area contributed by atoms with Gasteiger partial charge in [0.05, 0.1) is 31.8 Å². The lowest BCUT2D eigenvalue weighted by Gasteiger charge is -2.35. The van der Waals surface area contributed by atoms with Crippen molar-refractivity contribution < 1.29 is 24.5 Å². The molecule has 0 spiro atoms. The van der Waals surface area contributed by atoms with Crippen molar-refractivity contribution in [1.29, 1.82) is 0 Å². The van der Waals surface area contributed by atoms with E-state index in [1.807, 2.05) is 30.0 Å². The third-order valence-corrected chi connectivity index (χ3v) is 4.73. The number of aliphatic carboxylic acids is 1. The number of β-amino-alcohol motifs (C(OH)–C–C–N with tert-alkyl or cyclic N) is 1. The molecular formula is C18H22N2O5. The maximum absolute atomic E-state index is 11.1. The highest BCUT2D eigenvalue weighted by Crippen LogP contribution is 2.34. The van der Waals surface area contributed by atoms with Crippen LogP contribution in [0.25, 0.3) is 10.9 Å². The van der Waals surface area contributed by atoms with Gasteiger partial charge >= 0.3 is 5.97 Å². The van der Waals surface area contributed by atoms with Gasteiger partial charge in [-0.2, -0.15) is 0 Å². The van der Waals surface area contributed by atoms with Gasteiger partial charge in [0.15, 0.2) is 11.5 Å². The van der Waals surface area contributed by atoms with Crippen LogP contribution in [0.4, 0.5) is 5.82 Å². The van der Waals surface area contributed by atoms with E-state index in [1.54, 1.807) is 14.2 Å². The van der Waals surface area contributed by atoms with Crippen LogP contribution >= 0.6 is 0 Å². The molecule has 25 heavy (non-hydrogen) atoms. The van der Waals surface area contributed by atoms with Crippen LogP contribution in [0.15, 0.2) is 18.2 Å². The Balaban J connectivity index is 1.97. The number of carboxylic acid groups (broad SMARTS) is 1. The minimum atomic E-state index is -0.952. The van der Waals surface area contributed by atoms with E-state index in [1.165, 1.54) is 0 Å². The van der Waals surface area contributed by atoms with Crippen LogP contribution in [-0.2, 0) is 4.79 Å². The number of piperidine rings is 1. The summed E-state index contributed by atoms with van der Waals surface area (Å²) in [6.45, 7) is 2.78. The van der Waals surface area contributed by atoms with Gasteiger partial charge in [-0.15, -0.1) is 0 Å². The Bertz CT molecular complexity index is 808. The van der Waals surface area contributed by atoms with E-state index < -0.39 is 18.0 Å². The second kappa shape index (κ2) is 6.76. The summed E-state index contributed by atoms with van der Waals surface area (Å²) >= 11 is 0. The number of pyridine rings is 1. The van der Waals surface area contributed by atoms with E-state index in [0.29, 0.717) is 24.5 Å². The number of aromatic nitrogens is 1. The molecule has 1 aliphatic rings. The molecule has 2 atom stereocenters. The van der Waals surface area contributed by atoms with Crippen LogP contribution in [0.5, 0.6) is 11.5 Å². The predicted octanol–water partition coefficient (Wildman–Crippen LogP) is 1.83. The van der Waals surface area contributed by atoms with E-state index in [0.717, 1.165) is 22.3 Å². The molecule has 2 N–H and O–H groups in total. The second-order valence-electron chi connectivity index (χ2n) is 6.27. The van der Waals surface area contributed by atoms with Gasteiger partial charge in [0.2, 0.25) is 0 Å². The largest absolute Gasteiger partial charge is 0.493 e. The number of carbonyl (C=O) groups is 1. The third-order valence-electron chi connectivity index (χ3n) is 4.73. The van der Waals surface area contributed by atoms with Gasteiger partial charge in [-0.25, -0.2) is 4.98 Å². The maximum Gasteiger partial charge on any atom is 0.309 e. The minimum absolute atomic E-state index is 0.252. The fourth-order valence-electron chi connectivity index (χ4n) is 3.29. The zero-order valence-corrected chi connectivity index (χ0v) is 14.5. The molecule has 0 saturated carbocycles. The SMILES string of the molecule is COc1cc2nc(N3CC[C@H](C(=O)O)[C@H](O)C3)cc(C)c2cc1OC. The monoisotopic (exact) mass is 346 g/mol. The minimum Gasteiger partial charge on any atom is -0.493 e. The Morgan fingerprint density at radius 3 is 2.52 bits per heavy atom. The van der Waals surface area contributed by atoms with Crippen molar-refractivity contribution in [3.05, 3.63) is 23.8 Å². The van der Waals surface area contributed by atoms with Crippen molar-refractivity contribution in [3.8, 4) is 11.5 Å². The zero-order valence-electron chi connectivity index (χ0n) is 14.5. The van der Waals surface area contributed by atoms with Gasteiger partial charge < -0.3 is 24.6 Å². The Kier molecular flexibility index (Phi) is 4.67. The number of aryl methyl sites for hydroxylation is 1. The van der Waals surface area contributed by atoms with E-state index in [9.17, 15) is 9.90 Å². The first-order valence-corrected chi connectivity index (χ1v) is 8.13. The standard InChI is InChI=1S/C18H22N2O5/c1-10-6-17(20-5-4-11(18(22)23)14(21)9-20)19-13-8-16(25-3)15(24-2)7-12(10)13/h6-8,11,14,21H,4-5,9H2,1-3H3,(H,22,23)/t11-,14+/m0/s1. The number of carboxylic acids is 1.